The van der Waals surface area contributed by atoms with Gasteiger partial charge in [0.05, 0.1) is 39.8 Å². The third-order valence-corrected chi connectivity index (χ3v) is 8.96. The van der Waals surface area contributed by atoms with Crippen LogP contribution in [0.15, 0.2) is 53.8 Å². The lowest BCUT2D eigenvalue weighted by Crippen LogP contribution is -2.58. The second kappa shape index (κ2) is 11.3. The molecule has 1 aromatic carbocycles. The summed E-state index contributed by atoms with van der Waals surface area (Å²) in [6.45, 7) is 4.75. The van der Waals surface area contributed by atoms with Crippen molar-refractivity contribution in [2.24, 2.45) is 0 Å². The SMILES string of the molecule is CN(C)C1CN(c2ncc(-n3cc(C(=O)O)c(=O)c4cc(Cl)c(N5CCC[C@]5(C)COc5ncccc5Cl)cc43)cn2)C1. The van der Waals surface area contributed by atoms with Crippen LogP contribution in [0.3, 0.4) is 0 Å². The number of aromatic carboxylic acids is 1. The highest BCUT2D eigenvalue weighted by Crippen LogP contribution is 2.40. The molecule has 6 rings (SSSR count). The van der Waals surface area contributed by atoms with E-state index in [1.807, 2.05) is 20.2 Å². The highest BCUT2D eigenvalue weighted by atomic mass is 35.5. The first kappa shape index (κ1) is 29.2. The molecular weight excluding hydrogens is 593 g/mol. The number of ether oxygens (including phenoxy) is 1. The topological polar surface area (TPSA) is 117 Å². The Labute approximate surface area is 258 Å². The van der Waals surface area contributed by atoms with Crippen molar-refractivity contribution in [2.45, 2.75) is 31.3 Å². The van der Waals surface area contributed by atoms with E-state index in [0.717, 1.165) is 25.9 Å². The zero-order chi connectivity index (χ0) is 30.5. The average Bonchev–Trinajstić information content (AvgIpc) is 3.33. The maximum Gasteiger partial charge on any atom is 0.341 e. The van der Waals surface area contributed by atoms with Gasteiger partial charge in [0, 0.05) is 43.5 Å². The fraction of sp³-hybridized carbons (Fsp3) is 0.367. The van der Waals surface area contributed by atoms with Crippen LogP contribution in [0.2, 0.25) is 10.0 Å². The molecule has 11 nitrogen and oxygen atoms in total. The van der Waals surface area contributed by atoms with Gasteiger partial charge in [-0.3, -0.25) is 4.79 Å². The summed E-state index contributed by atoms with van der Waals surface area (Å²) in [6.07, 6.45) is 7.96. The summed E-state index contributed by atoms with van der Waals surface area (Å²) in [5.74, 6) is -0.378. The van der Waals surface area contributed by atoms with Crippen molar-refractivity contribution in [3.8, 4) is 11.6 Å². The molecule has 0 radical (unpaired) electrons. The highest BCUT2D eigenvalue weighted by molar-refractivity contribution is 6.34. The number of carboxylic acids is 1. The Balaban J connectivity index is 1.39. The lowest BCUT2D eigenvalue weighted by atomic mass is 9.99. The zero-order valence-corrected chi connectivity index (χ0v) is 25.5. The van der Waals surface area contributed by atoms with Crippen LogP contribution in [0, 0.1) is 0 Å². The van der Waals surface area contributed by atoms with Gasteiger partial charge in [-0.05, 0) is 58.1 Å². The summed E-state index contributed by atoms with van der Waals surface area (Å²) < 4.78 is 7.69. The van der Waals surface area contributed by atoms with E-state index in [-0.39, 0.29) is 10.9 Å². The summed E-state index contributed by atoms with van der Waals surface area (Å²) in [4.78, 5) is 45.1. The molecule has 13 heteroatoms. The molecule has 0 aliphatic carbocycles. The van der Waals surface area contributed by atoms with Crippen molar-refractivity contribution in [2.75, 3.05) is 50.1 Å². The molecule has 4 aromatic rings. The number of fused-ring (bicyclic) bond motifs is 1. The van der Waals surface area contributed by atoms with Gasteiger partial charge in [0.15, 0.2) is 0 Å². The quantitative estimate of drug-likeness (QED) is 0.303. The first-order valence-corrected chi connectivity index (χ1v) is 14.7. The third-order valence-electron chi connectivity index (χ3n) is 8.36. The molecule has 2 aliphatic heterocycles. The van der Waals surface area contributed by atoms with Gasteiger partial charge in [0.1, 0.15) is 17.2 Å². The van der Waals surface area contributed by atoms with E-state index in [1.54, 1.807) is 41.4 Å². The van der Waals surface area contributed by atoms with Crippen LogP contribution >= 0.6 is 23.2 Å². The lowest BCUT2D eigenvalue weighted by molar-refractivity contribution is 0.0695. The van der Waals surface area contributed by atoms with Crippen LogP contribution in [0.25, 0.3) is 16.6 Å². The number of carbonyl (C=O) groups is 1. The van der Waals surface area contributed by atoms with Crippen molar-refractivity contribution < 1.29 is 14.6 Å². The van der Waals surface area contributed by atoms with Crippen LogP contribution in [-0.2, 0) is 0 Å². The molecule has 5 heterocycles. The number of pyridine rings is 2. The van der Waals surface area contributed by atoms with E-state index >= 15 is 0 Å². The van der Waals surface area contributed by atoms with Crippen LogP contribution in [0.4, 0.5) is 11.6 Å². The molecule has 2 fully saturated rings. The Hall–Kier alpha value is -3.93. The molecule has 2 aliphatic rings. The number of hydrogen-bond acceptors (Lipinski definition) is 9. The van der Waals surface area contributed by atoms with Crippen LogP contribution in [0.5, 0.6) is 5.88 Å². The maximum atomic E-state index is 13.3. The Bertz CT molecular complexity index is 1760. The van der Waals surface area contributed by atoms with Gasteiger partial charge in [-0.25, -0.2) is 19.7 Å². The summed E-state index contributed by atoms with van der Waals surface area (Å²) in [5, 5.41) is 10.8. The molecule has 3 aromatic heterocycles. The number of anilines is 2. The molecule has 43 heavy (non-hydrogen) atoms. The van der Waals surface area contributed by atoms with Crippen LogP contribution in [0.1, 0.15) is 30.1 Å². The summed E-state index contributed by atoms with van der Waals surface area (Å²) >= 11 is 13.1. The number of benzene rings is 1. The molecule has 0 amide bonds. The van der Waals surface area contributed by atoms with Gasteiger partial charge in [-0.15, -0.1) is 0 Å². The summed E-state index contributed by atoms with van der Waals surface area (Å²) in [5.41, 5.74) is 0.281. The normalized spacial score (nSPS) is 18.8. The molecule has 0 bridgehead atoms. The number of halogens is 2. The molecule has 1 atom stereocenters. The van der Waals surface area contributed by atoms with E-state index < -0.39 is 16.9 Å². The van der Waals surface area contributed by atoms with Gasteiger partial charge >= 0.3 is 5.97 Å². The zero-order valence-electron chi connectivity index (χ0n) is 24.0. The molecular formula is C30H31Cl2N7O4. The van der Waals surface area contributed by atoms with Crippen molar-refractivity contribution in [1.82, 2.24) is 24.4 Å². The predicted octanol–water partition coefficient (Wildman–Crippen LogP) is 4.37. The van der Waals surface area contributed by atoms with Gasteiger partial charge < -0.3 is 29.1 Å². The minimum atomic E-state index is -1.33. The summed E-state index contributed by atoms with van der Waals surface area (Å²) in [6, 6.07) is 7.28. The number of rotatable bonds is 8. The fourth-order valence-corrected chi connectivity index (χ4v) is 6.18. The first-order chi connectivity index (χ1) is 20.6. The largest absolute Gasteiger partial charge is 0.477 e. The first-order valence-electron chi connectivity index (χ1n) is 13.9. The molecule has 0 spiro atoms. The Kier molecular flexibility index (Phi) is 7.66. The predicted molar refractivity (Wildman–Crippen MR) is 167 cm³/mol. The maximum absolute atomic E-state index is 13.3. The van der Waals surface area contributed by atoms with E-state index in [2.05, 4.69) is 36.6 Å². The van der Waals surface area contributed by atoms with Crippen molar-refractivity contribution in [1.29, 1.82) is 0 Å². The summed E-state index contributed by atoms with van der Waals surface area (Å²) in [7, 11) is 4.09. The lowest BCUT2D eigenvalue weighted by Gasteiger charge is -2.42. The monoisotopic (exact) mass is 623 g/mol. The van der Waals surface area contributed by atoms with E-state index in [1.165, 1.54) is 6.20 Å². The van der Waals surface area contributed by atoms with E-state index in [9.17, 15) is 14.7 Å². The molecule has 0 unspecified atom stereocenters. The standard InChI is InChI=1S/C30H31Cl2N7O4/c1-30(17-43-27-22(31)6-4-8-33-27)7-5-9-39(30)25-11-24-20(10-23(25)32)26(40)21(28(41)42)16-38(24)18-12-34-29(35-13-18)37-14-19(15-37)36(2)3/h4,6,8,10-13,16,19H,5,7,9,14-15,17H2,1-3H3,(H,41,42)/t30-/m1/s1. The fourth-order valence-electron chi connectivity index (χ4n) is 5.74. The number of nitrogens with zero attached hydrogens (tertiary/aromatic N) is 7. The van der Waals surface area contributed by atoms with Gasteiger partial charge in [-0.2, -0.15) is 0 Å². The van der Waals surface area contributed by atoms with Crippen LogP contribution < -0.4 is 20.0 Å². The smallest absolute Gasteiger partial charge is 0.341 e. The molecule has 1 N–H and O–H groups in total. The second-order valence-electron chi connectivity index (χ2n) is 11.5. The van der Waals surface area contributed by atoms with Crippen molar-refractivity contribution >= 4 is 51.7 Å². The number of likely N-dealkylation sites (N-methyl/N-ethyl adjacent to an activating group) is 1. The second-order valence-corrected chi connectivity index (χ2v) is 12.3. The van der Waals surface area contributed by atoms with E-state index in [4.69, 9.17) is 27.9 Å². The Morgan fingerprint density at radius 1 is 1.16 bits per heavy atom. The molecule has 224 valence electrons. The third kappa shape index (κ3) is 5.37. The van der Waals surface area contributed by atoms with Crippen molar-refractivity contribution in [3.63, 3.8) is 0 Å². The molecule has 0 saturated carbocycles. The Morgan fingerprint density at radius 3 is 2.58 bits per heavy atom. The van der Waals surface area contributed by atoms with E-state index in [0.29, 0.717) is 58.0 Å². The average molecular weight is 625 g/mol. The van der Waals surface area contributed by atoms with Gasteiger partial charge in [0.25, 0.3) is 0 Å². The van der Waals surface area contributed by atoms with Crippen LogP contribution in [-0.4, -0.2) is 87.4 Å². The minimum Gasteiger partial charge on any atom is -0.477 e. The molecule has 2 saturated heterocycles. The number of hydrogen-bond donors (Lipinski definition) is 1. The number of carboxylic acid groups (broad SMARTS) is 1. The number of aromatic nitrogens is 4. The van der Waals surface area contributed by atoms with Gasteiger partial charge in [-0.1, -0.05) is 23.2 Å². The Morgan fingerprint density at radius 2 is 1.91 bits per heavy atom. The highest BCUT2D eigenvalue weighted by Gasteiger charge is 2.39. The van der Waals surface area contributed by atoms with Crippen molar-refractivity contribution in [3.05, 3.63) is 74.9 Å². The van der Waals surface area contributed by atoms with Gasteiger partial charge in [0.2, 0.25) is 17.3 Å². The minimum absolute atomic E-state index is 0.187.